The van der Waals surface area contributed by atoms with Gasteiger partial charge in [0.15, 0.2) is 0 Å². The average Bonchev–Trinajstić information content (AvgIpc) is 2.83. The Hall–Kier alpha value is -0.860. The molecule has 1 unspecified atom stereocenters. The number of nitrogens with zero attached hydrogens (tertiary/aromatic N) is 1. The van der Waals surface area contributed by atoms with Crippen LogP contribution in [0.1, 0.15) is 31.2 Å². The third kappa shape index (κ3) is 3.83. The van der Waals surface area contributed by atoms with Crippen LogP contribution in [0.15, 0.2) is 30.3 Å². The Balaban J connectivity index is 1.63. The molecule has 94 valence electrons. The first-order valence-electron chi connectivity index (χ1n) is 6.79. The number of hydrogen-bond donors (Lipinski definition) is 1. The zero-order valence-corrected chi connectivity index (χ0v) is 10.5. The lowest BCUT2D eigenvalue weighted by Crippen LogP contribution is -2.32. The van der Waals surface area contributed by atoms with E-state index < -0.39 is 0 Å². The summed E-state index contributed by atoms with van der Waals surface area (Å²) >= 11 is 0. The van der Waals surface area contributed by atoms with Crippen LogP contribution in [0.2, 0.25) is 0 Å². The van der Waals surface area contributed by atoms with Gasteiger partial charge in [-0.05, 0) is 50.8 Å². The second-order valence-corrected chi connectivity index (χ2v) is 4.96. The van der Waals surface area contributed by atoms with Gasteiger partial charge in [-0.1, -0.05) is 30.3 Å². The average molecular weight is 233 g/mol. The van der Waals surface area contributed by atoms with Gasteiger partial charge in [0.1, 0.15) is 0 Å². The molecule has 0 aromatic heterocycles. The van der Waals surface area contributed by atoms with Crippen LogP contribution in [0.5, 0.6) is 0 Å². The van der Waals surface area contributed by atoms with Gasteiger partial charge in [0.05, 0.1) is 6.61 Å². The van der Waals surface area contributed by atoms with Crippen molar-refractivity contribution in [3.63, 3.8) is 0 Å². The van der Waals surface area contributed by atoms with Gasteiger partial charge in [-0.15, -0.1) is 0 Å². The van der Waals surface area contributed by atoms with E-state index >= 15 is 0 Å². The minimum Gasteiger partial charge on any atom is -0.395 e. The molecule has 1 aromatic carbocycles. The van der Waals surface area contributed by atoms with E-state index in [4.69, 9.17) is 0 Å². The molecule has 2 heteroatoms. The summed E-state index contributed by atoms with van der Waals surface area (Å²) in [5.74, 6) is 0. The third-order valence-electron chi connectivity index (χ3n) is 3.71. The highest BCUT2D eigenvalue weighted by molar-refractivity contribution is 5.14. The molecule has 1 aliphatic heterocycles. The van der Waals surface area contributed by atoms with E-state index in [2.05, 4.69) is 35.2 Å². The summed E-state index contributed by atoms with van der Waals surface area (Å²) in [7, 11) is 0. The van der Waals surface area contributed by atoms with Crippen molar-refractivity contribution >= 4 is 0 Å². The van der Waals surface area contributed by atoms with Crippen molar-refractivity contribution < 1.29 is 5.11 Å². The van der Waals surface area contributed by atoms with E-state index in [0.717, 1.165) is 6.54 Å². The number of unbranched alkanes of at least 4 members (excludes halogenated alkanes) is 1. The van der Waals surface area contributed by atoms with Crippen molar-refractivity contribution in [2.45, 2.75) is 38.1 Å². The number of hydrogen-bond acceptors (Lipinski definition) is 2. The molecule has 2 nitrogen and oxygen atoms in total. The summed E-state index contributed by atoms with van der Waals surface area (Å²) < 4.78 is 0. The SMILES string of the molecule is OCC1CCCN1CCCCc1ccccc1. The summed E-state index contributed by atoms with van der Waals surface area (Å²) in [6.07, 6.45) is 6.10. The van der Waals surface area contributed by atoms with E-state index in [1.165, 1.54) is 44.2 Å². The van der Waals surface area contributed by atoms with E-state index in [9.17, 15) is 5.11 Å². The van der Waals surface area contributed by atoms with Crippen LogP contribution in [-0.2, 0) is 6.42 Å². The molecule has 0 saturated carbocycles. The lowest BCUT2D eigenvalue weighted by Gasteiger charge is -2.22. The first-order chi connectivity index (χ1) is 8.40. The zero-order chi connectivity index (χ0) is 11.9. The molecule has 1 atom stereocenters. The maximum Gasteiger partial charge on any atom is 0.0586 e. The van der Waals surface area contributed by atoms with Crippen LogP contribution in [0.3, 0.4) is 0 Å². The number of rotatable bonds is 6. The normalized spacial score (nSPS) is 20.9. The van der Waals surface area contributed by atoms with Crippen molar-refractivity contribution in [1.82, 2.24) is 4.90 Å². The minimum atomic E-state index is 0.332. The molecule has 0 bridgehead atoms. The highest BCUT2D eigenvalue weighted by atomic mass is 16.3. The highest BCUT2D eigenvalue weighted by Crippen LogP contribution is 2.17. The second kappa shape index (κ2) is 6.77. The number of aliphatic hydroxyl groups excluding tert-OH is 1. The van der Waals surface area contributed by atoms with Crippen LogP contribution in [0, 0.1) is 0 Å². The van der Waals surface area contributed by atoms with Gasteiger partial charge in [0.25, 0.3) is 0 Å². The fourth-order valence-corrected chi connectivity index (χ4v) is 2.68. The fraction of sp³-hybridized carbons (Fsp3) is 0.600. The van der Waals surface area contributed by atoms with Gasteiger partial charge in [-0.3, -0.25) is 4.90 Å². The summed E-state index contributed by atoms with van der Waals surface area (Å²) in [4.78, 5) is 2.45. The Kier molecular flexibility index (Phi) is 5.02. The first-order valence-corrected chi connectivity index (χ1v) is 6.79. The molecule has 1 heterocycles. The molecule has 0 radical (unpaired) electrons. The lowest BCUT2D eigenvalue weighted by atomic mass is 10.1. The van der Waals surface area contributed by atoms with Gasteiger partial charge >= 0.3 is 0 Å². The predicted molar refractivity (Wildman–Crippen MR) is 71.1 cm³/mol. The standard InChI is InChI=1S/C15H23NO/c17-13-15-10-6-12-16(15)11-5-4-9-14-7-2-1-3-8-14/h1-3,7-8,15,17H,4-6,9-13H2. The summed E-state index contributed by atoms with van der Waals surface area (Å²) in [6, 6.07) is 11.1. The smallest absolute Gasteiger partial charge is 0.0586 e. The molecule has 1 fully saturated rings. The largest absolute Gasteiger partial charge is 0.395 e. The van der Waals surface area contributed by atoms with Gasteiger partial charge in [-0.2, -0.15) is 0 Å². The molecular formula is C15H23NO. The summed E-state index contributed by atoms with van der Waals surface area (Å²) in [5.41, 5.74) is 1.44. The minimum absolute atomic E-state index is 0.332. The van der Waals surface area contributed by atoms with Crippen LogP contribution >= 0.6 is 0 Å². The molecular weight excluding hydrogens is 210 g/mol. The molecule has 1 aliphatic rings. The molecule has 17 heavy (non-hydrogen) atoms. The number of benzene rings is 1. The van der Waals surface area contributed by atoms with Crippen LogP contribution in [-0.4, -0.2) is 35.7 Å². The number of likely N-dealkylation sites (tertiary alicyclic amines) is 1. The zero-order valence-electron chi connectivity index (χ0n) is 10.5. The van der Waals surface area contributed by atoms with Gasteiger partial charge in [0.2, 0.25) is 0 Å². The maximum absolute atomic E-state index is 9.23. The quantitative estimate of drug-likeness (QED) is 0.763. The fourth-order valence-electron chi connectivity index (χ4n) is 2.68. The Morgan fingerprint density at radius 2 is 2.00 bits per heavy atom. The van der Waals surface area contributed by atoms with Gasteiger partial charge in [-0.25, -0.2) is 0 Å². The van der Waals surface area contributed by atoms with Gasteiger partial charge < -0.3 is 5.11 Å². The maximum atomic E-state index is 9.23. The van der Waals surface area contributed by atoms with E-state index in [1.54, 1.807) is 0 Å². The Labute approximate surface area is 104 Å². The molecule has 0 amide bonds. The highest BCUT2D eigenvalue weighted by Gasteiger charge is 2.22. The van der Waals surface area contributed by atoms with Gasteiger partial charge in [0, 0.05) is 6.04 Å². The third-order valence-corrected chi connectivity index (χ3v) is 3.71. The number of aryl methyl sites for hydroxylation is 1. The van der Waals surface area contributed by atoms with Crippen molar-refractivity contribution in [2.24, 2.45) is 0 Å². The molecule has 1 aromatic rings. The topological polar surface area (TPSA) is 23.5 Å². The molecule has 0 aliphatic carbocycles. The van der Waals surface area contributed by atoms with Crippen molar-refractivity contribution in [3.8, 4) is 0 Å². The van der Waals surface area contributed by atoms with Crippen molar-refractivity contribution in [1.29, 1.82) is 0 Å². The molecule has 2 rings (SSSR count). The number of aliphatic hydroxyl groups is 1. The monoisotopic (exact) mass is 233 g/mol. The Morgan fingerprint density at radius 1 is 1.18 bits per heavy atom. The predicted octanol–water partition coefficient (Wildman–Crippen LogP) is 2.47. The second-order valence-electron chi connectivity index (χ2n) is 4.96. The van der Waals surface area contributed by atoms with E-state index in [-0.39, 0.29) is 0 Å². The Morgan fingerprint density at radius 3 is 2.76 bits per heavy atom. The van der Waals surface area contributed by atoms with Crippen molar-refractivity contribution in [3.05, 3.63) is 35.9 Å². The summed E-state index contributed by atoms with van der Waals surface area (Å²) in [5, 5.41) is 9.23. The summed E-state index contributed by atoms with van der Waals surface area (Å²) in [6.45, 7) is 2.66. The van der Waals surface area contributed by atoms with Crippen LogP contribution < -0.4 is 0 Å². The Bertz CT molecular complexity index is 312. The van der Waals surface area contributed by atoms with Crippen molar-refractivity contribution in [2.75, 3.05) is 19.7 Å². The molecule has 1 N–H and O–H groups in total. The van der Waals surface area contributed by atoms with Crippen LogP contribution in [0.4, 0.5) is 0 Å². The van der Waals surface area contributed by atoms with E-state index in [1.807, 2.05) is 0 Å². The van der Waals surface area contributed by atoms with E-state index in [0.29, 0.717) is 12.6 Å². The first kappa shape index (κ1) is 12.6. The molecule has 1 saturated heterocycles. The van der Waals surface area contributed by atoms with Crippen LogP contribution in [0.25, 0.3) is 0 Å². The molecule has 0 spiro atoms. The lowest BCUT2D eigenvalue weighted by molar-refractivity contribution is 0.157.